The average Bonchev–Trinajstić information content (AvgIpc) is 2.28. The second-order valence-corrected chi connectivity index (χ2v) is 6.23. The van der Waals surface area contributed by atoms with Crippen molar-refractivity contribution >= 4 is 51.7 Å². The van der Waals surface area contributed by atoms with E-state index >= 15 is 0 Å². The molecule has 17 heavy (non-hydrogen) atoms. The molecule has 1 N–H and O–H groups in total. The molecule has 1 aromatic rings. The number of carbonyl (C=O) groups is 1. The maximum Gasteiger partial charge on any atom is 0.251 e. The Kier molecular flexibility index (Phi) is 6.03. The third-order valence-corrected chi connectivity index (χ3v) is 4.59. The molecule has 1 unspecified atom stereocenters. The Morgan fingerprint density at radius 2 is 2.12 bits per heavy atom. The highest BCUT2D eigenvalue weighted by molar-refractivity contribution is 14.1. The van der Waals surface area contributed by atoms with Crippen LogP contribution >= 0.6 is 45.8 Å². The summed E-state index contributed by atoms with van der Waals surface area (Å²) in [6, 6.07) is 5.23. The number of nitrogens with one attached hydrogen (secondary N) is 1. The number of carbonyl (C=O) groups excluding carboxylic acids is 1. The minimum Gasteiger partial charge on any atom is -0.351 e. The Balaban J connectivity index is 2.61. The predicted molar refractivity (Wildman–Crippen MR) is 81.0 cm³/mol. The first-order valence-electron chi connectivity index (χ1n) is 5.29. The van der Waals surface area contributed by atoms with Crippen molar-refractivity contribution in [2.45, 2.75) is 19.2 Å². The normalized spacial score (nSPS) is 12.6. The van der Waals surface area contributed by atoms with E-state index in [1.165, 1.54) is 0 Å². The molecule has 0 saturated carbocycles. The number of hydrogen-bond acceptors (Lipinski definition) is 1. The molecular formula is C12H14Cl2INO. The van der Waals surface area contributed by atoms with Crippen LogP contribution in [0.2, 0.25) is 5.02 Å². The van der Waals surface area contributed by atoms with Gasteiger partial charge >= 0.3 is 0 Å². The molecule has 1 aromatic carbocycles. The number of alkyl halides is 1. The first-order valence-corrected chi connectivity index (χ1v) is 7.18. The quantitative estimate of drug-likeness (QED) is 0.617. The van der Waals surface area contributed by atoms with Crippen molar-refractivity contribution in [2.75, 3.05) is 6.54 Å². The Morgan fingerprint density at radius 3 is 2.65 bits per heavy atom. The highest BCUT2D eigenvalue weighted by Crippen LogP contribution is 2.19. The third-order valence-electron chi connectivity index (χ3n) is 2.36. The molecule has 0 radical (unpaired) electrons. The molecular weight excluding hydrogens is 372 g/mol. The molecule has 0 saturated heterocycles. The van der Waals surface area contributed by atoms with E-state index in [0.717, 1.165) is 3.57 Å². The summed E-state index contributed by atoms with van der Waals surface area (Å²) < 4.78 is 0.929. The maximum absolute atomic E-state index is 11.8. The summed E-state index contributed by atoms with van der Waals surface area (Å²) in [6.45, 7) is 4.50. The van der Waals surface area contributed by atoms with E-state index in [0.29, 0.717) is 23.0 Å². The molecule has 0 heterocycles. The zero-order chi connectivity index (χ0) is 13.0. The van der Waals surface area contributed by atoms with Crippen LogP contribution in [0, 0.1) is 9.49 Å². The molecule has 0 spiro atoms. The number of amides is 1. The van der Waals surface area contributed by atoms with Crippen LogP contribution in [-0.2, 0) is 0 Å². The molecule has 1 amide bonds. The lowest BCUT2D eigenvalue weighted by atomic mass is 10.1. The summed E-state index contributed by atoms with van der Waals surface area (Å²) in [6.07, 6.45) is 0. The highest BCUT2D eigenvalue weighted by Gasteiger charge is 2.12. The topological polar surface area (TPSA) is 29.1 Å². The summed E-state index contributed by atoms with van der Waals surface area (Å²) in [5.74, 6) is 0.187. The van der Waals surface area contributed by atoms with Gasteiger partial charge in [0.05, 0.1) is 10.4 Å². The Bertz CT molecular complexity index is 409. The van der Waals surface area contributed by atoms with Crippen LogP contribution in [-0.4, -0.2) is 17.8 Å². The van der Waals surface area contributed by atoms with Gasteiger partial charge in [0, 0.05) is 15.7 Å². The van der Waals surface area contributed by atoms with E-state index in [1.54, 1.807) is 12.1 Å². The van der Waals surface area contributed by atoms with Crippen molar-refractivity contribution in [2.24, 2.45) is 5.92 Å². The molecule has 1 rings (SSSR count). The summed E-state index contributed by atoms with van der Waals surface area (Å²) in [5, 5.41) is 3.33. The molecule has 5 heteroatoms. The van der Waals surface area contributed by atoms with Crippen LogP contribution in [0.25, 0.3) is 0 Å². The first-order chi connectivity index (χ1) is 7.91. The molecule has 0 bridgehead atoms. The SMILES string of the molecule is CC(C)C(Cl)CNC(=O)c1ccc(I)c(Cl)c1. The van der Waals surface area contributed by atoms with E-state index in [-0.39, 0.29) is 11.3 Å². The lowest BCUT2D eigenvalue weighted by Gasteiger charge is -2.14. The fraction of sp³-hybridized carbons (Fsp3) is 0.417. The highest BCUT2D eigenvalue weighted by atomic mass is 127. The van der Waals surface area contributed by atoms with E-state index in [9.17, 15) is 4.79 Å². The Hall–Kier alpha value is -0.0000000000000000555. The zero-order valence-corrected chi connectivity index (χ0v) is 13.3. The summed E-state index contributed by atoms with van der Waals surface area (Å²) >= 11 is 14.1. The fourth-order valence-electron chi connectivity index (χ4n) is 1.17. The van der Waals surface area contributed by atoms with Crippen molar-refractivity contribution in [1.82, 2.24) is 5.32 Å². The van der Waals surface area contributed by atoms with E-state index in [4.69, 9.17) is 23.2 Å². The summed E-state index contributed by atoms with van der Waals surface area (Å²) in [7, 11) is 0. The van der Waals surface area contributed by atoms with Crippen molar-refractivity contribution in [3.05, 3.63) is 32.4 Å². The smallest absolute Gasteiger partial charge is 0.251 e. The van der Waals surface area contributed by atoms with Crippen LogP contribution in [0.1, 0.15) is 24.2 Å². The third kappa shape index (κ3) is 4.64. The molecule has 2 nitrogen and oxygen atoms in total. The largest absolute Gasteiger partial charge is 0.351 e. The molecule has 0 aliphatic heterocycles. The monoisotopic (exact) mass is 385 g/mol. The molecule has 0 aliphatic carbocycles. The van der Waals surface area contributed by atoms with Gasteiger partial charge in [0.1, 0.15) is 0 Å². The van der Waals surface area contributed by atoms with Crippen LogP contribution in [0.15, 0.2) is 18.2 Å². The lowest BCUT2D eigenvalue weighted by Crippen LogP contribution is -2.31. The first kappa shape index (κ1) is 15.1. The molecule has 0 fully saturated rings. The predicted octanol–water partition coefficient (Wildman–Crippen LogP) is 3.94. The number of halogens is 3. The average molecular weight is 386 g/mol. The van der Waals surface area contributed by atoms with Crippen molar-refractivity contribution < 1.29 is 4.79 Å². The van der Waals surface area contributed by atoms with Gasteiger partial charge in [-0.15, -0.1) is 11.6 Å². The zero-order valence-electron chi connectivity index (χ0n) is 9.64. The molecule has 0 aromatic heterocycles. The van der Waals surface area contributed by atoms with Gasteiger partial charge in [-0.2, -0.15) is 0 Å². The van der Waals surface area contributed by atoms with Gasteiger partial charge in [0.15, 0.2) is 0 Å². The number of benzene rings is 1. The van der Waals surface area contributed by atoms with E-state index in [2.05, 4.69) is 27.9 Å². The molecule has 94 valence electrons. The van der Waals surface area contributed by atoms with Gasteiger partial charge in [0.25, 0.3) is 5.91 Å². The van der Waals surface area contributed by atoms with Gasteiger partial charge in [-0.3, -0.25) is 4.79 Å². The lowest BCUT2D eigenvalue weighted by molar-refractivity contribution is 0.0952. The van der Waals surface area contributed by atoms with Gasteiger partial charge in [-0.25, -0.2) is 0 Å². The van der Waals surface area contributed by atoms with Crippen molar-refractivity contribution in [3.63, 3.8) is 0 Å². The van der Waals surface area contributed by atoms with Crippen molar-refractivity contribution in [1.29, 1.82) is 0 Å². The minimum absolute atomic E-state index is 0.0572. The standard InChI is InChI=1S/C12H14Cl2INO/c1-7(2)10(14)6-16-12(17)8-3-4-11(15)9(13)5-8/h3-5,7,10H,6H2,1-2H3,(H,16,17). The second kappa shape index (κ2) is 6.81. The van der Waals surface area contributed by atoms with Crippen LogP contribution < -0.4 is 5.32 Å². The maximum atomic E-state index is 11.8. The van der Waals surface area contributed by atoms with Gasteiger partial charge < -0.3 is 5.32 Å². The van der Waals surface area contributed by atoms with E-state index in [1.807, 2.05) is 19.9 Å². The van der Waals surface area contributed by atoms with Crippen LogP contribution in [0.5, 0.6) is 0 Å². The van der Waals surface area contributed by atoms with Crippen LogP contribution in [0.4, 0.5) is 0 Å². The summed E-state index contributed by atoms with van der Waals surface area (Å²) in [5.41, 5.74) is 0.558. The minimum atomic E-state index is -0.144. The van der Waals surface area contributed by atoms with Crippen molar-refractivity contribution in [3.8, 4) is 0 Å². The Labute approximate surface area is 125 Å². The summed E-state index contributed by atoms with van der Waals surface area (Å²) in [4.78, 5) is 11.8. The Morgan fingerprint density at radius 1 is 1.47 bits per heavy atom. The number of hydrogen-bond donors (Lipinski definition) is 1. The molecule has 0 aliphatic rings. The number of rotatable bonds is 4. The van der Waals surface area contributed by atoms with Crippen LogP contribution in [0.3, 0.4) is 0 Å². The second-order valence-electron chi connectivity index (χ2n) is 4.10. The van der Waals surface area contributed by atoms with Gasteiger partial charge in [0.2, 0.25) is 0 Å². The van der Waals surface area contributed by atoms with Gasteiger partial charge in [-0.1, -0.05) is 25.4 Å². The molecule has 1 atom stereocenters. The van der Waals surface area contributed by atoms with E-state index < -0.39 is 0 Å². The van der Waals surface area contributed by atoms with Gasteiger partial charge in [-0.05, 0) is 46.7 Å². The fourth-order valence-corrected chi connectivity index (χ4v) is 1.76.